The minimum Gasteiger partial charge on any atom is -0.393 e. The highest BCUT2D eigenvalue weighted by molar-refractivity contribution is 4.54. The van der Waals surface area contributed by atoms with Crippen molar-refractivity contribution in [1.82, 2.24) is 0 Å². The third kappa shape index (κ3) is 5.95. The van der Waals surface area contributed by atoms with E-state index in [4.69, 9.17) is 5.11 Å². The van der Waals surface area contributed by atoms with Crippen molar-refractivity contribution in [2.75, 3.05) is 0 Å². The van der Waals surface area contributed by atoms with Crippen LogP contribution >= 0.6 is 0 Å². The molecular formula is C7H14F2O. The van der Waals surface area contributed by atoms with Crippen LogP contribution in [0.3, 0.4) is 0 Å². The van der Waals surface area contributed by atoms with Crippen LogP contribution in [0, 0.1) is 0 Å². The largest absolute Gasteiger partial charge is 0.393 e. The molecule has 62 valence electrons. The van der Waals surface area contributed by atoms with Gasteiger partial charge in [-0.25, -0.2) is 8.78 Å². The van der Waals surface area contributed by atoms with Gasteiger partial charge in [-0.3, -0.25) is 0 Å². The standard InChI is InChI=1S/C7H14F2O/c1-2-3-6(10)4-5-7(8)9/h6-7,10H,2-5H2,1H3. The van der Waals surface area contributed by atoms with E-state index in [2.05, 4.69) is 0 Å². The molecular weight excluding hydrogens is 138 g/mol. The Balaban J connectivity index is 3.12. The van der Waals surface area contributed by atoms with Gasteiger partial charge < -0.3 is 5.11 Å². The maximum atomic E-state index is 11.5. The molecule has 0 fully saturated rings. The van der Waals surface area contributed by atoms with E-state index in [1.165, 1.54) is 0 Å². The van der Waals surface area contributed by atoms with E-state index in [1.54, 1.807) is 0 Å². The fraction of sp³-hybridized carbons (Fsp3) is 1.00. The molecule has 0 spiro atoms. The summed E-state index contributed by atoms with van der Waals surface area (Å²) >= 11 is 0. The van der Waals surface area contributed by atoms with Gasteiger partial charge in [0.05, 0.1) is 6.10 Å². The zero-order valence-electron chi connectivity index (χ0n) is 6.19. The lowest BCUT2D eigenvalue weighted by atomic mass is 10.1. The van der Waals surface area contributed by atoms with Gasteiger partial charge in [0, 0.05) is 6.42 Å². The molecule has 3 heteroatoms. The summed E-state index contributed by atoms with van der Waals surface area (Å²) in [6.45, 7) is 1.92. The molecule has 1 nitrogen and oxygen atoms in total. The number of halogens is 2. The molecule has 1 atom stereocenters. The van der Waals surface area contributed by atoms with Crippen LogP contribution < -0.4 is 0 Å². The first-order valence-electron chi connectivity index (χ1n) is 3.63. The minimum absolute atomic E-state index is 0.179. The van der Waals surface area contributed by atoms with Gasteiger partial charge in [0.1, 0.15) is 0 Å². The van der Waals surface area contributed by atoms with Gasteiger partial charge in [0.25, 0.3) is 0 Å². The molecule has 1 N–H and O–H groups in total. The predicted octanol–water partition coefficient (Wildman–Crippen LogP) is 2.19. The summed E-state index contributed by atoms with van der Waals surface area (Å²) in [5.41, 5.74) is 0. The van der Waals surface area contributed by atoms with Crippen molar-refractivity contribution in [2.24, 2.45) is 0 Å². The van der Waals surface area contributed by atoms with Crippen LogP contribution in [0.1, 0.15) is 32.6 Å². The molecule has 0 aromatic rings. The van der Waals surface area contributed by atoms with E-state index >= 15 is 0 Å². The molecule has 0 bridgehead atoms. The topological polar surface area (TPSA) is 20.2 Å². The average Bonchev–Trinajstić information content (AvgIpc) is 1.85. The fourth-order valence-corrected chi connectivity index (χ4v) is 0.796. The second kappa shape index (κ2) is 5.59. The van der Waals surface area contributed by atoms with Gasteiger partial charge in [-0.05, 0) is 12.8 Å². The second-order valence-corrected chi connectivity index (χ2v) is 2.41. The zero-order chi connectivity index (χ0) is 7.98. The number of rotatable bonds is 5. The number of hydrogen-bond donors (Lipinski definition) is 1. The smallest absolute Gasteiger partial charge is 0.238 e. The zero-order valence-corrected chi connectivity index (χ0v) is 6.19. The minimum atomic E-state index is -2.27. The van der Waals surface area contributed by atoms with E-state index in [1.807, 2.05) is 6.92 Å². The molecule has 0 aliphatic heterocycles. The second-order valence-electron chi connectivity index (χ2n) is 2.41. The monoisotopic (exact) mass is 152 g/mol. The van der Waals surface area contributed by atoms with E-state index in [-0.39, 0.29) is 12.8 Å². The predicted molar refractivity (Wildman–Crippen MR) is 36.2 cm³/mol. The summed E-state index contributed by atoms with van der Waals surface area (Å²) in [6.07, 6.45) is -1.27. The van der Waals surface area contributed by atoms with Crippen molar-refractivity contribution in [3.8, 4) is 0 Å². The summed E-state index contributed by atoms with van der Waals surface area (Å²) in [6, 6.07) is 0. The van der Waals surface area contributed by atoms with Crippen LogP contribution in [0.4, 0.5) is 8.78 Å². The Morgan fingerprint density at radius 2 is 1.80 bits per heavy atom. The quantitative estimate of drug-likeness (QED) is 0.640. The molecule has 0 saturated heterocycles. The maximum Gasteiger partial charge on any atom is 0.238 e. The van der Waals surface area contributed by atoms with Crippen LogP contribution in [0.25, 0.3) is 0 Å². The van der Waals surface area contributed by atoms with E-state index in [0.29, 0.717) is 6.42 Å². The van der Waals surface area contributed by atoms with Crippen LogP contribution in [-0.4, -0.2) is 17.6 Å². The van der Waals surface area contributed by atoms with Crippen LogP contribution in [-0.2, 0) is 0 Å². The van der Waals surface area contributed by atoms with Crippen LogP contribution in [0.5, 0.6) is 0 Å². The molecule has 10 heavy (non-hydrogen) atoms. The Morgan fingerprint density at radius 3 is 2.20 bits per heavy atom. The van der Waals surface area contributed by atoms with E-state index < -0.39 is 12.5 Å². The molecule has 0 amide bonds. The van der Waals surface area contributed by atoms with Crippen molar-refractivity contribution in [1.29, 1.82) is 0 Å². The SMILES string of the molecule is CCCC(O)CCC(F)F. The molecule has 0 saturated carbocycles. The third-order valence-corrected chi connectivity index (χ3v) is 1.34. The van der Waals surface area contributed by atoms with Crippen molar-refractivity contribution >= 4 is 0 Å². The molecule has 0 aromatic carbocycles. The number of aliphatic hydroxyl groups is 1. The molecule has 1 unspecified atom stereocenters. The number of alkyl halides is 2. The summed E-state index contributed by atoms with van der Waals surface area (Å²) in [5.74, 6) is 0. The molecule has 0 rings (SSSR count). The first-order chi connectivity index (χ1) is 4.66. The maximum absolute atomic E-state index is 11.5. The van der Waals surface area contributed by atoms with Gasteiger partial charge in [-0.1, -0.05) is 13.3 Å². The van der Waals surface area contributed by atoms with Gasteiger partial charge in [0.15, 0.2) is 0 Å². The fourth-order valence-electron chi connectivity index (χ4n) is 0.796. The van der Waals surface area contributed by atoms with Gasteiger partial charge in [-0.15, -0.1) is 0 Å². The molecule has 0 radical (unpaired) electrons. The lowest BCUT2D eigenvalue weighted by molar-refractivity contribution is 0.0919. The summed E-state index contributed by atoms with van der Waals surface area (Å²) in [7, 11) is 0. The third-order valence-electron chi connectivity index (χ3n) is 1.34. The summed E-state index contributed by atoms with van der Waals surface area (Å²) < 4.78 is 23.0. The van der Waals surface area contributed by atoms with E-state index in [0.717, 1.165) is 6.42 Å². The van der Waals surface area contributed by atoms with Gasteiger partial charge in [-0.2, -0.15) is 0 Å². The average molecular weight is 152 g/mol. The van der Waals surface area contributed by atoms with Crippen molar-refractivity contribution in [2.45, 2.75) is 45.1 Å². The Bertz CT molecular complexity index is 76.0. The number of hydrogen-bond acceptors (Lipinski definition) is 1. The first kappa shape index (κ1) is 9.82. The van der Waals surface area contributed by atoms with Crippen molar-refractivity contribution in [3.63, 3.8) is 0 Å². The molecule has 0 aliphatic carbocycles. The molecule has 0 aliphatic rings. The van der Waals surface area contributed by atoms with Gasteiger partial charge >= 0.3 is 0 Å². The van der Waals surface area contributed by atoms with Crippen molar-refractivity contribution < 1.29 is 13.9 Å². The first-order valence-corrected chi connectivity index (χ1v) is 3.63. The highest BCUT2D eigenvalue weighted by atomic mass is 19.3. The molecule has 0 aromatic heterocycles. The Hall–Kier alpha value is -0.180. The lowest BCUT2D eigenvalue weighted by Gasteiger charge is -2.07. The van der Waals surface area contributed by atoms with E-state index in [9.17, 15) is 8.78 Å². The molecule has 0 heterocycles. The van der Waals surface area contributed by atoms with Crippen LogP contribution in [0.15, 0.2) is 0 Å². The summed E-state index contributed by atoms with van der Waals surface area (Å²) in [4.78, 5) is 0. The normalized spacial score (nSPS) is 14.1. The van der Waals surface area contributed by atoms with Crippen LogP contribution in [0.2, 0.25) is 0 Å². The Kier molecular flexibility index (Phi) is 5.49. The summed E-state index contributed by atoms with van der Waals surface area (Å²) in [5, 5.41) is 8.96. The highest BCUT2D eigenvalue weighted by Gasteiger charge is 2.07. The Morgan fingerprint density at radius 1 is 1.20 bits per heavy atom. The Labute approximate surface area is 60.1 Å². The lowest BCUT2D eigenvalue weighted by Crippen LogP contribution is -2.07. The van der Waals surface area contributed by atoms with Crippen molar-refractivity contribution in [3.05, 3.63) is 0 Å². The highest BCUT2D eigenvalue weighted by Crippen LogP contribution is 2.09. The number of aliphatic hydroxyl groups excluding tert-OH is 1. The van der Waals surface area contributed by atoms with Gasteiger partial charge in [0.2, 0.25) is 6.43 Å².